The Morgan fingerprint density at radius 2 is 1.80 bits per heavy atom. The lowest BCUT2D eigenvalue weighted by Gasteiger charge is -2.22. The van der Waals surface area contributed by atoms with E-state index in [1.165, 1.54) is 0 Å². The number of hydrogen-bond donors (Lipinski definition) is 1. The maximum Gasteiger partial charge on any atom is 0.258 e. The minimum Gasteiger partial charge on any atom is -0.486 e. The molecule has 1 N–H and O–H groups in total. The predicted octanol–water partition coefficient (Wildman–Crippen LogP) is 3.30. The van der Waals surface area contributed by atoms with Crippen LogP contribution in [0.1, 0.15) is 18.4 Å². The summed E-state index contributed by atoms with van der Waals surface area (Å²) in [7, 11) is 0. The van der Waals surface area contributed by atoms with E-state index in [2.05, 4.69) is 5.32 Å². The Bertz CT molecular complexity index is 787. The van der Waals surface area contributed by atoms with Gasteiger partial charge in [0.1, 0.15) is 19.0 Å². The maximum absolute atomic E-state index is 12.3. The molecule has 4 rings (SSSR count). The maximum atomic E-state index is 12.3. The molecular formula is C19H18ClNO4. The Hall–Kier alpha value is -2.40. The monoisotopic (exact) mass is 359 g/mol. The molecule has 1 aliphatic heterocycles. The highest BCUT2D eigenvalue weighted by Gasteiger charge is 2.46. The summed E-state index contributed by atoms with van der Waals surface area (Å²) in [5.74, 6) is 1.95. The number of ether oxygens (including phenoxy) is 3. The molecule has 0 radical (unpaired) electrons. The first-order valence-electron chi connectivity index (χ1n) is 8.24. The van der Waals surface area contributed by atoms with Crippen LogP contribution in [0.3, 0.4) is 0 Å². The lowest BCUT2D eigenvalue weighted by atomic mass is 10.0. The molecule has 1 saturated carbocycles. The van der Waals surface area contributed by atoms with Crippen LogP contribution in [0.5, 0.6) is 17.2 Å². The molecule has 0 spiro atoms. The topological polar surface area (TPSA) is 56.8 Å². The number of carbonyl (C=O) groups is 1. The van der Waals surface area contributed by atoms with Gasteiger partial charge in [0.25, 0.3) is 5.91 Å². The first-order chi connectivity index (χ1) is 12.1. The molecule has 1 aliphatic carbocycles. The molecule has 2 aromatic rings. The van der Waals surface area contributed by atoms with Crippen LogP contribution in [0.2, 0.25) is 5.02 Å². The number of hydrogen-bond acceptors (Lipinski definition) is 4. The molecular weight excluding hydrogens is 342 g/mol. The molecule has 25 heavy (non-hydrogen) atoms. The SMILES string of the molecule is O=C(COc1ccc(Cl)cc1)NC1(c2ccc3c(c2)OCCO3)CC1. The third-order valence-electron chi connectivity index (χ3n) is 4.41. The Morgan fingerprint density at radius 3 is 2.52 bits per heavy atom. The molecule has 2 aromatic carbocycles. The van der Waals surface area contributed by atoms with Gasteiger partial charge in [-0.25, -0.2) is 0 Å². The zero-order valence-corrected chi connectivity index (χ0v) is 14.3. The van der Waals surface area contributed by atoms with Crippen LogP contribution in [0.25, 0.3) is 0 Å². The van der Waals surface area contributed by atoms with E-state index in [0.29, 0.717) is 24.0 Å². The van der Waals surface area contributed by atoms with Crippen molar-refractivity contribution in [2.24, 2.45) is 0 Å². The van der Waals surface area contributed by atoms with E-state index in [-0.39, 0.29) is 18.1 Å². The highest BCUT2D eigenvalue weighted by Crippen LogP contribution is 2.47. The zero-order chi connectivity index (χ0) is 17.3. The zero-order valence-electron chi connectivity index (χ0n) is 13.6. The largest absolute Gasteiger partial charge is 0.486 e. The van der Waals surface area contributed by atoms with Crippen LogP contribution in [0.4, 0.5) is 0 Å². The highest BCUT2D eigenvalue weighted by atomic mass is 35.5. The Morgan fingerprint density at radius 1 is 1.08 bits per heavy atom. The highest BCUT2D eigenvalue weighted by molar-refractivity contribution is 6.30. The van der Waals surface area contributed by atoms with Gasteiger partial charge in [-0.15, -0.1) is 0 Å². The van der Waals surface area contributed by atoms with Crippen molar-refractivity contribution in [1.29, 1.82) is 0 Å². The molecule has 1 amide bonds. The van der Waals surface area contributed by atoms with Crippen LogP contribution in [0.15, 0.2) is 42.5 Å². The Balaban J connectivity index is 1.39. The minimum atomic E-state index is -0.323. The van der Waals surface area contributed by atoms with Crippen molar-refractivity contribution in [2.45, 2.75) is 18.4 Å². The van der Waals surface area contributed by atoms with Gasteiger partial charge < -0.3 is 19.5 Å². The smallest absolute Gasteiger partial charge is 0.258 e. The molecule has 5 nitrogen and oxygen atoms in total. The van der Waals surface area contributed by atoms with Crippen molar-refractivity contribution >= 4 is 17.5 Å². The minimum absolute atomic E-state index is 0.0338. The molecule has 0 unspecified atom stereocenters. The van der Waals surface area contributed by atoms with E-state index in [4.69, 9.17) is 25.8 Å². The van der Waals surface area contributed by atoms with Crippen LogP contribution >= 0.6 is 11.6 Å². The number of halogens is 1. The van der Waals surface area contributed by atoms with Crippen LogP contribution in [-0.2, 0) is 10.3 Å². The number of nitrogens with one attached hydrogen (secondary N) is 1. The average Bonchev–Trinajstić information content (AvgIpc) is 3.41. The molecule has 0 saturated heterocycles. The molecule has 0 bridgehead atoms. The fraction of sp³-hybridized carbons (Fsp3) is 0.316. The standard InChI is InChI=1S/C19H18ClNO4/c20-14-2-4-15(5-3-14)25-12-18(22)21-19(7-8-19)13-1-6-16-17(11-13)24-10-9-23-16/h1-6,11H,7-10,12H2,(H,21,22). The second kappa shape index (κ2) is 6.48. The van der Waals surface area contributed by atoms with Gasteiger partial charge in [0.15, 0.2) is 18.1 Å². The molecule has 6 heteroatoms. The van der Waals surface area contributed by atoms with Crippen molar-refractivity contribution in [3.05, 3.63) is 53.1 Å². The predicted molar refractivity (Wildman–Crippen MR) is 93.4 cm³/mol. The van der Waals surface area contributed by atoms with E-state index in [9.17, 15) is 4.79 Å². The number of fused-ring (bicyclic) bond motifs is 1. The van der Waals surface area contributed by atoms with Gasteiger partial charge in [-0.3, -0.25) is 4.79 Å². The molecule has 1 heterocycles. The van der Waals surface area contributed by atoms with Gasteiger partial charge in [0, 0.05) is 5.02 Å². The third-order valence-corrected chi connectivity index (χ3v) is 4.66. The van der Waals surface area contributed by atoms with Gasteiger partial charge in [0.05, 0.1) is 5.54 Å². The van der Waals surface area contributed by atoms with Crippen LogP contribution in [0, 0.1) is 0 Å². The average molecular weight is 360 g/mol. The summed E-state index contributed by atoms with van der Waals surface area (Å²) in [5.41, 5.74) is 0.715. The summed E-state index contributed by atoms with van der Waals surface area (Å²) >= 11 is 5.83. The lowest BCUT2D eigenvalue weighted by Crippen LogP contribution is -2.38. The summed E-state index contributed by atoms with van der Waals surface area (Å²) < 4.78 is 16.7. The summed E-state index contributed by atoms with van der Waals surface area (Å²) in [5, 5.41) is 3.72. The number of amides is 1. The number of benzene rings is 2. The lowest BCUT2D eigenvalue weighted by molar-refractivity contribution is -0.124. The van der Waals surface area contributed by atoms with E-state index in [1.54, 1.807) is 24.3 Å². The molecule has 130 valence electrons. The van der Waals surface area contributed by atoms with E-state index >= 15 is 0 Å². The number of carbonyl (C=O) groups excluding carboxylic acids is 1. The third kappa shape index (κ3) is 3.51. The fourth-order valence-corrected chi connectivity index (χ4v) is 3.06. The molecule has 0 aromatic heterocycles. The summed E-state index contributed by atoms with van der Waals surface area (Å²) in [6.45, 7) is 1.08. The van der Waals surface area contributed by atoms with Crippen molar-refractivity contribution in [3.8, 4) is 17.2 Å². The normalized spacial score (nSPS) is 16.8. The summed E-state index contributed by atoms with van der Waals surface area (Å²) in [6, 6.07) is 12.8. The molecule has 2 aliphatic rings. The van der Waals surface area contributed by atoms with Crippen molar-refractivity contribution in [1.82, 2.24) is 5.32 Å². The quantitative estimate of drug-likeness (QED) is 0.890. The summed E-state index contributed by atoms with van der Waals surface area (Å²) in [6.07, 6.45) is 1.80. The molecule has 0 atom stereocenters. The van der Waals surface area contributed by atoms with Crippen LogP contribution in [-0.4, -0.2) is 25.7 Å². The summed E-state index contributed by atoms with van der Waals surface area (Å²) in [4.78, 5) is 12.3. The second-order valence-electron chi connectivity index (χ2n) is 6.23. The van der Waals surface area contributed by atoms with Gasteiger partial charge >= 0.3 is 0 Å². The second-order valence-corrected chi connectivity index (χ2v) is 6.67. The Labute approximate surface area is 150 Å². The van der Waals surface area contributed by atoms with E-state index in [0.717, 1.165) is 29.9 Å². The van der Waals surface area contributed by atoms with Crippen molar-refractivity contribution < 1.29 is 19.0 Å². The van der Waals surface area contributed by atoms with E-state index in [1.807, 2.05) is 18.2 Å². The van der Waals surface area contributed by atoms with Gasteiger partial charge in [0.2, 0.25) is 0 Å². The molecule has 1 fully saturated rings. The van der Waals surface area contributed by atoms with Gasteiger partial charge in [-0.2, -0.15) is 0 Å². The fourth-order valence-electron chi connectivity index (χ4n) is 2.93. The van der Waals surface area contributed by atoms with E-state index < -0.39 is 0 Å². The van der Waals surface area contributed by atoms with Gasteiger partial charge in [-0.1, -0.05) is 17.7 Å². The van der Waals surface area contributed by atoms with Gasteiger partial charge in [-0.05, 0) is 54.8 Å². The first kappa shape index (κ1) is 16.1. The van der Waals surface area contributed by atoms with Crippen molar-refractivity contribution in [3.63, 3.8) is 0 Å². The Kier molecular flexibility index (Phi) is 4.17. The number of rotatable bonds is 5. The van der Waals surface area contributed by atoms with Crippen molar-refractivity contribution in [2.75, 3.05) is 19.8 Å². The van der Waals surface area contributed by atoms with Crippen LogP contribution < -0.4 is 19.5 Å². The first-order valence-corrected chi connectivity index (χ1v) is 8.62.